The summed E-state index contributed by atoms with van der Waals surface area (Å²) in [5.41, 5.74) is 0. The number of amides is 2. The van der Waals surface area contributed by atoms with Crippen LogP contribution in [0.15, 0.2) is 0 Å². The SMILES string of the molecule is CCCCCCCCCCCCCCCCN1C(=O)CC(SCC(CC)C(C)=O)C1=O. The van der Waals surface area contributed by atoms with Gasteiger partial charge >= 0.3 is 0 Å². The zero-order valence-electron chi connectivity index (χ0n) is 20.5. The van der Waals surface area contributed by atoms with Crippen molar-refractivity contribution in [3.8, 4) is 0 Å². The van der Waals surface area contributed by atoms with Crippen molar-refractivity contribution in [2.45, 2.75) is 129 Å². The summed E-state index contributed by atoms with van der Waals surface area (Å²) in [5.74, 6) is 0.734. The first-order valence-corrected chi connectivity index (χ1v) is 14.0. The molecular formula is C26H47NO3S. The fourth-order valence-corrected chi connectivity index (χ4v) is 5.70. The summed E-state index contributed by atoms with van der Waals surface area (Å²) in [4.78, 5) is 37.8. The van der Waals surface area contributed by atoms with Crippen LogP contribution in [0.5, 0.6) is 0 Å². The molecule has 0 spiro atoms. The van der Waals surface area contributed by atoms with Gasteiger partial charge in [-0.05, 0) is 19.8 Å². The first kappa shape index (κ1) is 28.2. The average molecular weight is 454 g/mol. The fourth-order valence-electron chi connectivity index (χ4n) is 4.24. The molecule has 1 rings (SSSR count). The molecule has 4 nitrogen and oxygen atoms in total. The van der Waals surface area contributed by atoms with Crippen LogP contribution in [0, 0.1) is 5.92 Å². The minimum absolute atomic E-state index is 0.00672. The smallest absolute Gasteiger partial charge is 0.242 e. The van der Waals surface area contributed by atoms with Crippen molar-refractivity contribution in [2.24, 2.45) is 5.92 Å². The van der Waals surface area contributed by atoms with Crippen LogP contribution in [0.3, 0.4) is 0 Å². The van der Waals surface area contributed by atoms with E-state index in [1.807, 2.05) is 6.92 Å². The van der Waals surface area contributed by atoms with E-state index in [0.29, 0.717) is 18.7 Å². The number of carbonyl (C=O) groups excluding carboxylic acids is 3. The lowest BCUT2D eigenvalue weighted by Crippen LogP contribution is -2.32. The molecule has 0 aromatic heterocycles. The second-order valence-electron chi connectivity index (χ2n) is 9.22. The maximum absolute atomic E-state index is 12.6. The summed E-state index contributed by atoms with van der Waals surface area (Å²) in [5, 5.41) is -0.285. The van der Waals surface area contributed by atoms with Crippen molar-refractivity contribution < 1.29 is 14.4 Å². The number of imide groups is 1. The Bertz CT molecular complexity index is 523. The van der Waals surface area contributed by atoms with Crippen molar-refractivity contribution in [3.05, 3.63) is 0 Å². The highest BCUT2D eigenvalue weighted by Crippen LogP contribution is 2.28. The maximum atomic E-state index is 12.6. The summed E-state index contributed by atoms with van der Waals surface area (Å²) in [7, 11) is 0. The minimum atomic E-state index is -0.285. The number of hydrogen-bond acceptors (Lipinski definition) is 4. The van der Waals surface area contributed by atoms with Crippen molar-refractivity contribution in [1.29, 1.82) is 0 Å². The van der Waals surface area contributed by atoms with Gasteiger partial charge in [0.2, 0.25) is 11.8 Å². The van der Waals surface area contributed by atoms with E-state index in [9.17, 15) is 14.4 Å². The minimum Gasteiger partial charge on any atom is -0.300 e. The van der Waals surface area contributed by atoms with Gasteiger partial charge in [0.05, 0.1) is 5.25 Å². The fraction of sp³-hybridized carbons (Fsp3) is 0.885. The molecule has 2 amide bonds. The number of carbonyl (C=O) groups is 3. The number of unbranched alkanes of at least 4 members (excludes halogenated alkanes) is 13. The molecule has 31 heavy (non-hydrogen) atoms. The highest BCUT2D eigenvalue weighted by atomic mass is 32.2. The van der Waals surface area contributed by atoms with Gasteiger partial charge in [-0.1, -0.05) is 97.3 Å². The molecule has 0 radical (unpaired) electrons. The average Bonchev–Trinajstić information content (AvgIpc) is 3.01. The van der Waals surface area contributed by atoms with Crippen LogP contribution in [0.25, 0.3) is 0 Å². The van der Waals surface area contributed by atoms with Gasteiger partial charge in [0.15, 0.2) is 0 Å². The Hall–Kier alpha value is -0.840. The van der Waals surface area contributed by atoms with E-state index in [0.717, 1.165) is 19.3 Å². The summed E-state index contributed by atoms with van der Waals surface area (Å²) >= 11 is 1.49. The summed E-state index contributed by atoms with van der Waals surface area (Å²) < 4.78 is 0. The quantitative estimate of drug-likeness (QED) is 0.148. The number of hydrogen-bond donors (Lipinski definition) is 0. The Labute approximate surface area is 195 Å². The molecule has 1 aliphatic rings. The molecule has 5 heteroatoms. The zero-order valence-corrected chi connectivity index (χ0v) is 21.3. The molecule has 0 aromatic carbocycles. The number of Topliss-reactive ketones (excluding diaryl/α,β-unsaturated/α-hetero) is 1. The van der Waals surface area contributed by atoms with Crippen LogP contribution in [0.1, 0.15) is 124 Å². The normalized spacial score (nSPS) is 17.5. The van der Waals surface area contributed by atoms with Crippen molar-refractivity contribution in [1.82, 2.24) is 4.90 Å². The van der Waals surface area contributed by atoms with E-state index in [1.54, 1.807) is 6.92 Å². The van der Waals surface area contributed by atoms with Crippen LogP contribution in [0.4, 0.5) is 0 Å². The lowest BCUT2D eigenvalue weighted by molar-refractivity contribution is -0.138. The molecule has 1 saturated heterocycles. The molecule has 0 saturated carbocycles. The molecule has 180 valence electrons. The number of nitrogens with zero attached hydrogens (tertiary/aromatic N) is 1. The summed E-state index contributed by atoms with van der Waals surface area (Å²) in [6, 6.07) is 0. The third kappa shape index (κ3) is 12.1. The van der Waals surface area contributed by atoms with Crippen LogP contribution in [-0.4, -0.2) is 40.0 Å². The highest BCUT2D eigenvalue weighted by Gasteiger charge is 2.38. The van der Waals surface area contributed by atoms with Crippen molar-refractivity contribution in [2.75, 3.05) is 12.3 Å². The molecule has 2 atom stereocenters. The topological polar surface area (TPSA) is 54.5 Å². The molecule has 0 aliphatic carbocycles. The van der Waals surface area contributed by atoms with Crippen LogP contribution in [0.2, 0.25) is 0 Å². The second-order valence-corrected chi connectivity index (χ2v) is 10.5. The van der Waals surface area contributed by atoms with Gasteiger partial charge in [0.1, 0.15) is 5.78 Å². The number of ketones is 1. The van der Waals surface area contributed by atoms with Crippen molar-refractivity contribution >= 4 is 29.4 Å². The van der Waals surface area contributed by atoms with Crippen LogP contribution in [-0.2, 0) is 14.4 Å². The first-order valence-electron chi connectivity index (χ1n) is 13.0. The van der Waals surface area contributed by atoms with Gasteiger partial charge in [-0.3, -0.25) is 19.3 Å². The molecule has 1 heterocycles. The van der Waals surface area contributed by atoms with E-state index >= 15 is 0 Å². The molecule has 0 N–H and O–H groups in total. The van der Waals surface area contributed by atoms with E-state index in [4.69, 9.17) is 0 Å². The number of likely N-dealkylation sites (tertiary alicyclic amines) is 1. The van der Waals surface area contributed by atoms with E-state index in [1.165, 1.54) is 93.7 Å². The number of rotatable bonds is 20. The zero-order chi connectivity index (χ0) is 22.9. The van der Waals surface area contributed by atoms with Gasteiger partial charge in [-0.25, -0.2) is 0 Å². The molecule has 2 unspecified atom stereocenters. The number of thioether (sulfide) groups is 1. The lowest BCUT2D eigenvalue weighted by atomic mass is 10.0. The lowest BCUT2D eigenvalue weighted by Gasteiger charge is -2.16. The molecule has 1 fully saturated rings. The maximum Gasteiger partial charge on any atom is 0.242 e. The van der Waals surface area contributed by atoms with E-state index in [-0.39, 0.29) is 28.8 Å². The van der Waals surface area contributed by atoms with Crippen LogP contribution < -0.4 is 0 Å². The standard InChI is InChI=1S/C26H47NO3S/c1-4-6-7-8-9-10-11-12-13-14-15-16-17-18-19-27-25(29)20-24(26(27)30)31-21-23(5-2)22(3)28/h23-24H,4-21H2,1-3H3. The van der Waals surface area contributed by atoms with Gasteiger partial charge in [-0.15, -0.1) is 11.8 Å². The summed E-state index contributed by atoms with van der Waals surface area (Å²) in [6.07, 6.45) is 19.3. The third-order valence-electron chi connectivity index (χ3n) is 6.50. The Balaban J connectivity index is 2.02. The van der Waals surface area contributed by atoms with Gasteiger partial charge in [0, 0.05) is 24.6 Å². The molecule has 0 bridgehead atoms. The summed E-state index contributed by atoms with van der Waals surface area (Å²) in [6.45, 7) is 6.44. The van der Waals surface area contributed by atoms with E-state index < -0.39 is 0 Å². The molecule has 1 aliphatic heterocycles. The molecule has 0 aromatic rings. The monoisotopic (exact) mass is 453 g/mol. The van der Waals surface area contributed by atoms with Gasteiger partial charge < -0.3 is 0 Å². The van der Waals surface area contributed by atoms with Crippen molar-refractivity contribution in [3.63, 3.8) is 0 Å². The Morgan fingerprint density at radius 2 is 1.35 bits per heavy atom. The highest BCUT2D eigenvalue weighted by molar-refractivity contribution is 8.00. The van der Waals surface area contributed by atoms with Gasteiger partial charge in [0.25, 0.3) is 0 Å². The van der Waals surface area contributed by atoms with Crippen LogP contribution >= 0.6 is 11.8 Å². The molecular weight excluding hydrogens is 406 g/mol. The predicted octanol–water partition coefficient (Wildman–Crippen LogP) is 6.94. The second kappa shape index (κ2) is 17.7. The Morgan fingerprint density at radius 1 is 0.871 bits per heavy atom. The third-order valence-corrected chi connectivity index (χ3v) is 7.87. The largest absolute Gasteiger partial charge is 0.300 e. The predicted molar refractivity (Wildman–Crippen MR) is 132 cm³/mol. The Kier molecular flexibility index (Phi) is 16.1. The van der Waals surface area contributed by atoms with E-state index in [2.05, 4.69) is 6.92 Å². The van der Waals surface area contributed by atoms with Gasteiger partial charge in [-0.2, -0.15) is 0 Å². The Morgan fingerprint density at radius 3 is 1.81 bits per heavy atom. The first-order chi connectivity index (χ1) is 15.0.